The molecule has 1 aromatic carbocycles. The van der Waals surface area contributed by atoms with E-state index in [9.17, 15) is 12.8 Å². The topological polar surface area (TPSA) is 34.1 Å². The Morgan fingerprint density at radius 2 is 1.93 bits per heavy atom. The number of hydrogen-bond donors (Lipinski definition) is 0. The van der Waals surface area contributed by atoms with E-state index in [2.05, 4.69) is 0 Å². The number of hydrogen-bond acceptors (Lipinski definition) is 2. The Kier molecular flexibility index (Phi) is 2.19. The lowest BCUT2D eigenvalue weighted by Gasteiger charge is -2.09. The molecule has 0 radical (unpaired) electrons. The standard InChI is InChI=1S/C11H11FO2S/c1-7(2)9-5-8-3-4-15(13,14)11(8)6-10(9)12/h3-7H,1-2H3. The van der Waals surface area contributed by atoms with Crippen LogP contribution in [0.15, 0.2) is 22.4 Å². The molecule has 0 amide bonds. The third-order valence-electron chi connectivity index (χ3n) is 2.48. The van der Waals surface area contributed by atoms with Crippen molar-refractivity contribution in [1.82, 2.24) is 0 Å². The molecular formula is C11H11FO2S. The van der Waals surface area contributed by atoms with Gasteiger partial charge in [0.1, 0.15) is 5.82 Å². The Bertz CT molecular complexity index is 542. The van der Waals surface area contributed by atoms with Crippen LogP contribution in [0.3, 0.4) is 0 Å². The van der Waals surface area contributed by atoms with Crippen molar-refractivity contribution < 1.29 is 12.8 Å². The van der Waals surface area contributed by atoms with E-state index in [1.54, 1.807) is 6.07 Å². The van der Waals surface area contributed by atoms with E-state index in [-0.39, 0.29) is 10.8 Å². The van der Waals surface area contributed by atoms with Gasteiger partial charge in [-0.1, -0.05) is 13.8 Å². The van der Waals surface area contributed by atoms with Crippen molar-refractivity contribution in [3.63, 3.8) is 0 Å². The fourth-order valence-electron chi connectivity index (χ4n) is 1.64. The Balaban J connectivity index is 2.70. The maximum atomic E-state index is 13.5. The van der Waals surface area contributed by atoms with Crippen LogP contribution in [0.2, 0.25) is 0 Å². The van der Waals surface area contributed by atoms with Crippen molar-refractivity contribution >= 4 is 15.9 Å². The van der Waals surface area contributed by atoms with Gasteiger partial charge in [0.15, 0.2) is 0 Å². The average molecular weight is 226 g/mol. The summed E-state index contributed by atoms with van der Waals surface area (Å²) in [5.41, 5.74) is 1.13. The van der Waals surface area contributed by atoms with E-state index in [1.807, 2.05) is 13.8 Å². The van der Waals surface area contributed by atoms with E-state index in [1.165, 1.54) is 6.08 Å². The van der Waals surface area contributed by atoms with Crippen molar-refractivity contribution in [2.75, 3.05) is 0 Å². The van der Waals surface area contributed by atoms with Gasteiger partial charge >= 0.3 is 0 Å². The van der Waals surface area contributed by atoms with Gasteiger partial charge in [0, 0.05) is 5.41 Å². The normalized spacial score (nSPS) is 17.1. The van der Waals surface area contributed by atoms with Crippen LogP contribution in [0.5, 0.6) is 0 Å². The molecule has 0 aliphatic carbocycles. The largest absolute Gasteiger partial charge is 0.219 e. The van der Waals surface area contributed by atoms with Crippen molar-refractivity contribution in [3.8, 4) is 0 Å². The summed E-state index contributed by atoms with van der Waals surface area (Å²) in [5, 5.41) is 1.11. The highest BCUT2D eigenvalue weighted by atomic mass is 32.2. The van der Waals surface area contributed by atoms with Gasteiger partial charge in [-0.05, 0) is 35.3 Å². The number of benzene rings is 1. The van der Waals surface area contributed by atoms with Crippen LogP contribution < -0.4 is 0 Å². The zero-order valence-electron chi connectivity index (χ0n) is 8.49. The summed E-state index contributed by atoms with van der Waals surface area (Å²) in [6, 6.07) is 2.72. The Morgan fingerprint density at radius 3 is 2.53 bits per heavy atom. The van der Waals surface area contributed by atoms with Gasteiger partial charge in [-0.25, -0.2) is 12.8 Å². The fourth-order valence-corrected chi connectivity index (χ4v) is 2.84. The molecule has 1 heterocycles. The van der Waals surface area contributed by atoms with Crippen molar-refractivity contribution in [1.29, 1.82) is 0 Å². The Hall–Kier alpha value is -1.16. The van der Waals surface area contributed by atoms with Crippen LogP contribution in [0.25, 0.3) is 6.08 Å². The second-order valence-electron chi connectivity index (χ2n) is 3.91. The molecule has 0 unspecified atom stereocenters. The van der Waals surface area contributed by atoms with Crippen LogP contribution in [0, 0.1) is 5.82 Å². The molecule has 0 bridgehead atoms. The van der Waals surface area contributed by atoms with E-state index >= 15 is 0 Å². The summed E-state index contributed by atoms with van der Waals surface area (Å²) in [5.74, 6) is -0.400. The third kappa shape index (κ3) is 1.59. The maximum absolute atomic E-state index is 13.5. The SMILES string of the molecule is CC(C)c1cc2c(cc1F)S(=O)(=O)C=C2. The highest BCUT2D eigenvalue weighted by Crippen LogP contribution is 2.31. The summed E-state index contributed by atoms with van der Waals surface area (Å²) in [6.45, 7) is 3.75. The first kappa shape index (κ1) is 10.4. The van der Waals surface area contributed by atoms with Crippen LogP contribution >= 0.6 is 0 Å². The monoisotopic (exact) mass is 226 g/mol. The maximum Gasteiger partial charge on any atom is 0.200 e. The van der Waals surface area contributed by atoms with Crippen LogP contribution in [0.4, 0.5) is 4.39 Å². The minimum absolute atomic E-state index is 0.0482. The highest BCUT2D eigenvalue weighted by molar-refractivity contribution is 7.94. The first-order valence-electron chi connectivity index (χ1n) is 4.68. The summed E-state index contributed by atoms with van der Waals surface area (Å²) in [6.07, 6.45) is 1.51. The fraction of sp³-hybridized carbons (Fsp3) is 0.273. The summed E-state index contributed by atoms with van der Waals surface area (Å²) < 4.78 is 36.4. The lowest BCUT2D eigenvalue weighted by atomic mass is 10.0. The highest BCUT2D eigenvalue weighted by Gasteiger charge is 2.23. The molecule has 1 aliphatic rings. The lowest BCUT2D eigenvalue weighted by Crippen LogP contribution is -1.99. The third-order valence-corrected chi connectivity index (χ3v) is 3.95. The zero-order valence-corrected chi connectivity index (χ0v) is 9.31. The van der Waals surface area contributed by atoms with Crippen LogP contribution in [-0.2, 0) is 9.84 Å². The molecule has 4 heteroatoms. The van der Waals surface area contributed by atoms with Gasteiger partial charge in [-0.15, -0.1) is 0 Å². The van der Waals surface area contributed by atoms with Crippen molar-refractivity contribution in [2.45, 2.75) is 24.7 Å². The first-order chi connectivity index (χ1) is 6.92. The summed E-state index contributed by atoms with van der Waals surface area (Å²) in [7, 11) is -3.39. The zero-order chi connectivity index (χ0) is 11.2. The minimum atomic E-state index is -3.39. The molecule has 1 aliphatic heterocycles. The molecule has 80 valence electrons. The van der Waals surface area contributed by atoms with E-state index in [0.717, 1.165) is 11.5 Å². The molecule has 0 aromatic heterocycles. The molecule has 0 saturated carbocycles. The molecule has 15 heavy (non-hydrogen) atoms. The lowest BCUT2D eigenvalue weighted by molar-refractivity contribution is 0.586. The number of sulfone groups is 1. The molecule has 1 aromatic rings. The average Bonchev–Trinajstić information content (AvgIpc) is 2.41. The van der Waals surface area contributed by atoms with Crippen LogP contribution in [-0.4, -0.2) is 8.42 Å². The van der Waals surface area contributed by atoms with Crippen molar-refractivity contribution in [3.05, 3.63) is 34.5 Å². The number of fused-ring (bicyclic) bond motifs is 1. The van der Waals surface area contributed by atoms with Gasteiger partial charge in [-0.3, -0.25) is 0 Å². The molecule has 0 N–H and O–H groups in total. The number of rotatable bonds is 1. The second-order valence-corrected chi connectivity index (χ2v) is 5.72. The molecule has 0 saturated heterocycles. The van der Waals surface area contributed by atoms with E-state index in [4.69, 9.17) is 0 Å². The summed E-state index contributed by atoms with van der Waals surface area (Å²) in [4.78, 5) is 0.0735. The van der Waals surface area contributed by atoms with Gasteiger partial charge in [-0.2, -0.15) is 0 Å². The quantitative estimate of drug-likeness (QED) is 0.737. The van der Waals surface area contributed by atoms with Gasteiger partial charge in [0.25, 0.3) is 0 Å². The molecular weight excluding hydrogens is 215 g/mol. The Labute approximate surface area is 88.4 Å². The van der Waals surface area contributed by atoms with E-state index < -0.39 is 15.7 Å². The van der Waals surface area contributed by atoms with Gasteiger partial charge in [0.05, 0.1) is 4.90 Å². The second kappa shape index (κ2) is 3.17. The molecule has 2 nitrogen and oxygen atoms in total. The summed E-state index contributed by atoms with van der Waals surface area (Å²) >= 11 is 0. The van der Waals surface area contributed by atoms with Crippen molar-refractivity contribution in [2.24, 2.45) is 0 Å². The number of halogens is 1. The molecule has 2 rings (SSSR count). The van der Waals surface area contributed by atoms with Gasteiger partial charge < -0.3 is 0 Å². The van der Waals surface area contributed by atoms with Crippen LogP contribution in [0.1, 0.15) is 30.9 Å². The molecule has 0 spiro atoms. The molecule has 0 fully saturated rings. The predicted octanol–water partition coefficient (Wildman–Crippen LogP) is 2.71. The van der Waals surface area contributed by atoms with Gasteiger partial charge in [0.2, 0.25) is 9.84 Å². The first-order valence-corrected chi connectivity index (χ1v) is 6.23. The minimum Gasteiger partial charge on any atom is -0.219 e. The molecule has 0 atom stereocenters. The van der Waals surface area contributed by atoms with E-state index in [0.29, 0.717) is 11.1 Å². The Morgan fingerprint density at radius 1 is 1.27 bits per heavy atom. The smallest absolute Gasteiger partial charge is 0.200 e. The predicted molar refractivity (Wildman–Crippen MR) is 56.7 cm³/mol.